The summed E-state index contributed by atoms with van der Waals surface area (Å²) in [5.41, 5.74) is 1.05. The molecule has 0 saturated carbocycles. The Hall–Kier alpha value is -2.78. The summed E-state index contributed by atoms with van der Waals surface area (Å²) in [7, 11) is -3.70. The summed E-state index contributed by atoms with van der Waals surface area (Å²) in [6, 6.07) is 12.0. The first-order chi connectivity index (χ1) is 15.5. The summed E-state index contributed by atoms with van der Waals surface area (Å²) in [5, 5.41) is 5.78. The van der Waals surface area contributed by atoms with Crippen molar-refractivity contribution in [3.05, 3.63) is 60.4 Å². The maximum Gasteiger partial charge on any atom is 0.243 e. The van der Waals surface area contributed by atoms with Crippen LogP contribution in [0.25, 0.3) is 0 Å². The van der Waals surface area contributed by atoms with Crippen LogP contribution in [0.5, 0.6) is 0 Å². The summed E-state index contributed by atoms with van der Waals surface area (Å²) in [6.07, 6.45) is 5.88. The van der Waals surface area contributed by atoms with Crippen LogP contribution in [0.15, 0.2) is 59.8 Å². The highest BCUT2D eigenvalue weighted by atomic mass is 32.2. The Bertz CT molecular complexity index is 984. The van der Waals surface area contributed by atoms with Crippen LogP contribution >= 0.6 is 0 Å². The van der Waals surface area contributed by atoms with E-state index in [0.717, 1.165) is 5.56 Å². The highest BCUT2D eigenvalue weighted by Gasteiger charge is 2.26. The molecule has 0 radical (unpaired) electrons. The number of hydrogen-bond donors (Lipinski definition) is 2. The van der Waals surface area contributed by atoms with Crippen LogP contribution in [0.2, 0.25) is 0 Å². The number of nitrogens with zero attached hydrogens (tertiary/aromatic N) is 2. The van der Waals surface area contributed by atoms with E-state index in [-0.39, 0.29) is 42.1 Å². The van der Waals surface area contributed by atoms with Gasteiger partial charge in [-0.15, -0.1) is 0 Å². The molecule has 1 aromatic carbocycles. The van der Waals surface area contributed by atoms with Crippen molar-refractivity contribution < 1.29 is 18.0 Å². The molecule has 9 heteroatoms. The van der Waals surface area contributed by atoms with Gasteiger partial charge in [0, 0.05) is 50.9 Å². The molecule has 1 saturated heterocycles. The normalized spacial score (nSPS) is 18.9. The number of carbonyl (C=O) groups is 2. The molecule has 1 aliphatic rings. The number of benzene rings is 1. The van der Waals surface area contributed by atoms with Crippen molar-refractivity contribution in [2.75, 3.05) is 26.2 Å². The summed E-state index contributed by atoms with van der Waals surface area (Å²) in [6.45, 7) is 1.28. The molecule has 2 amide bonds. The Labute approximate surface area is 189 Å². The summed E-state index contributed by atoms with van der Waals surface area (Å²) in [4.78, 5) is 29.2. The van der Waals surface area contributed by atoms with E-state index in [1.54, 1.807) is 42.7 Å². The van der Waals surface area contributed by atoms with E-state index < -0.39 is 10.0 Å². The fraction of sp³-hybridized carbons (Fsp3) is 0.435. The molecular formula is C23H30N4O4S. The Morgan fingerprint density at radius 1 is 1.12 bits per heavy atom. The molecule has 0 bridgehead atoms. The Balaban J connectivity index is 1.61. The van der Waals surface area contributed by atoms with E-state index in [1.165, 1.54) is 4.31 Å². The number of amides is 2. The Kier molecular flexibility index (Phi) is 8.75. The fourth-order valence-corrected chi connectivity index (χ4v) is 5.24. The Morgan fingerprint density at radius 3 is 2.69 bits per heavy atom. The van der Waals surface area contributed by atoms with Crippen LogP contribution in [0.1, 0.15) is 31.2 Å². The van der Waals surface area contributed by atoms with Crippen molar-refractivity contribution >= 4 is 21.8 Å². The number of carbonyl (C=O) groups excluding carboxylic acids is 2. The van der Waals surface area contributed by atoms with Crippen molar-refractivity contribution in [2.24, 2.45) is 5.92 Å². The number of rotatable bonds is 6. The molecule has 0 spiro atoms. The molecule has 2 heterocycles. The van der Waals surface area contributed by atoms with Gasteiger partial charge in [0.05, 0.1) is 4.90 Å². The maximum absolute atomic E-state index is 13.0. The third kappa shape index (κ3) is 6.86. The molecule has 0 aliphatic carbocycles. The quantitative estimate of drug-likeness (QED) is 0.685. The fourth-order valence-electron chi connectivity index (χ4n) is 3.74. The molecule has 1 fully saturated rings. The highest BCUT2D eigenvalue weighted by molar-refractivity contribution is 7.89. The van der Waals surface area contributed by atoms with E-state index in [1.807, 2.05) is 12.1 Å². The number of pyridine rings is 1. The molecule has 3 rings (SSSR count). The van der Waals surface area contributed by atoms with Gasteiger partial charge in [-0.25, -0.2) is 8.42 Å². The lowest BCUT2D eigenvalue weighted by molar-refractivity contribution is -0.126. The summed E-state index contributed by atoms with van der Waals surface area (Å²) >= 11 is 0. The van der Waals surface area contributed by atoms with Crippen molar-refractivity contribution in [1.29, 1.82) is 0 Å². The minimum Gasteiger partial charge on any atom is -0.356 e. The summed E-state index contributed by atoms with van der Waals surface area (Å²) < 4.78 is 27.4. The van der Waals surface area contributed by atoms with Crippen LogP contribution < -0.4 is 10.6 Å². The zero-order valence-electron chi connectivity index (χ0n) is 18.1. The number of sulfonamides is 1. The highest BCUT2D eigenvalue weighted by Crippen LogP contribution is 2.19. The molecule has 1 aromatic heterocycles. The van der Waals surface area contributed by atoms with Crippen LogP contribution in [-0.4, -0.2) is 55.7 Å². The molecule has 1 unspecified atom stereocenters. The van der Waals surface area contributed by atoms with Gasteiger partial charge in [-0.1, -0.05) is 24.3 Å². The largest absolute Gasteiger partial charge is 0.356 e. The molecule has 1 aliphatic heterocycles. The van der Waals surface area contributed by atoms with E-state index >= 15 is 0 Å². The minimum absolute atomic E-state index is 0.0696. The van der Waals surface area contributed by atoms with Crippen LogP contribution in [0.3, 0.4) is 0 Å². The lowest BCUT2D eigenvalue weighted by atomic mass is 9.98. The van der Waals surface area contributed by atoms with Gasteiger partial charge in [0.25, 0.3) is 0 Å². The Morgan fingerprint density at radius 2 is 1.94 bits per heavy atom. The minimum atomic E-state index is -3.70. The van der Waals surface area contributed by atoms with Gasteiger partial charge in [-0.2, -0.15) is 4.31 Å². The first kappa shape index (κ1) is 23.9. The van der Waals surface area contributed by atoms with Crippen molar-refractivity contribution in [3.63, 3.8) is 0 Å². The second-order valence-corrected chi connectivity index (χ2v) is 9.79. The van der Waals surface area contributed by atoms with Crippen molar-refractivity contribution in [3.8, 4) is 0 Å². The van der Waals surface area contributed by atoms with Crippen LogP contribution in [-0.2, 0) is 26.0 Å². The standard InChI is InChI=1S/C23H30N4O4S/c28-22-12-17-27(32(30,31)21-8-2-1-3-9-21)16-5-7-20(11-15-25-22)23(29)26-14-10-19-6-4-13-24-18-19/h1-4,6,8-9,13,18,20H,5,7,10-12,14-17H2,(H,25,28)(H,26,29). The van der Waals surface area contributed by atoms with Gasteiger partial charge in [0.15, 0.2) is 0 Å². The first-order valence-corrected chi connectivity index (χ1v) is 12.4. The molecule has 2 N–H and O–H groups in total. The number of aromatic nitrogens is 1. The topological polar surface area (TPSA) is 108 Å². The van der Waals surface area contributed by atoms with E-state index in [9.17, 15) is 18.0 Å². The van der Waals surface area contributed by atoms with Crippen molar-refractivity contribution in [2.45, 2.75) is 37.0 Å². The molecule has 2 aromatic rings. The van der Waals surface area contributed by atoms with Crippen molar-refractivity contribution in [1.82, 2.24) is 19.9 Å². The zero-order valence-corrected chi connectivity index (χ0v) is 18.9. The van der Waals surface area contributed by atoms with Crippen LogP contribution in [0, 0.1) is 5.92 Å². The smallest absolute Gasteiger partial charge is 0.243 e. The zero-order chi connectivity index (χ0) is 22.8. The third-order valence-electron chi connectivity index (χ3n) is 5.55. The molecular weight excluding hydrogens is 428 g/mol. The predicted octanol–water partition coefficient (Wildman–Crippen LogP) is 1.74. The number of hydrogen-bond acceptors (Lipinski definition) is 5. The molecule has 172 valence electrons. The predicted molar refractivity (Wildman–Crippen MR) is 121 cm³/mol. The number of nitrogens with one attached hydrogen (secondary N) is 2. The summed E-state index contributed by atoms with van der Waals surface area (Å²) in [5.74, 6) is -0.570. The SMILES string of the molecule is O=C1CCN(S(=O)(=O)c2ccccc2)CCCC(C(=O)NCCc2cccnc2)CCN1. The average Bonchev–Trinajstić information content (AvgIpc) is 2.85. The molecule has 32 heavy (non-hydrogen) atoms. The van der Waals surface area contributed by atoms with Gasteiger partial charge < -0.3 is 10.6 Å². The van der Waals surface area contributed by atoms with Gasteiger partial charge in [0.2, 0.25) is 21.8 Å². The monoisotopic (exact) mass is 458 g/mol. The average molecular weight is 459 g/mol. The van der Waals surface area contributed by atoms with Gasteiger partial charge >= 0.3 is 0 Å². The second kappa shape index (κ2) is 11.7. The first-order valence-electron chi connectivity index (χ1n) is 11.0. The van der Waals surface area contributed by atoms with Crippen LogP contribution in [0.4, 0.5) is 0 Å². The van der Waals surface area contributed by atoms with Gasteiger partial charge in [-0.05, 0) is 49.4 Å². The lowest BCUT2D eigenvalue weighted by Crippen LogP contribution is -2.35. The molecule has 1 atom stereocenters. The molecule has 8 nitrogen and oxygen atoms in total. The third-order valence-corrected chi connectivity index (χ3v) is 7.46. The van der Waals surface area contributed by atoms with Gasteiger partial charge in [-0.3, -0.25) is 14.6 Å². The van der Waals surface area contributed by atoms with E-state index in [4.69, 9.17) is 0 Å². The lowest BCUT2D eigenvalue weighted by Gasteiger charge is -2.22. The second-order valence-electron chi connectivity index (χ2n) is 7.85. The van der Waals surface area contributed by atoms with Gasteiger partial charge in [0.1, 0.15) is 0 Å². The maximum atomic E-state index is 13.0. The van der Waals surface area contributed by atoms with E-state index in [2.05, 4.69) is 15.6 Å². The van der Waals surface area contributed by atoms with E-state index in [0.29, 0.717) is 38.8 Å².